The number of ether oxygens (including phenoxy) is 1. The second kappa shape index (κ2) is 7.52. The van der Waals surface area contributed by atoms with E-state index < -0.39 is 17.8 Å². The molecule has 2 N–H and O–H groups in total. The summed E-state index contributed by atoms with van der Waals surface area (Å²) in [4.78, 5) is 26.1. The maximum absolute atomic E-state index is 12.8. The molecule has 126 valence electrons. The van der Waals surface area contributed by atoms with E-state index in [9.17, 15) is 14.0 Å². The first-order valence-corrected chi connectivity index (χ1v) is 7.62. The van der Waals surface area contributed by atoms with E-state index in [0.29, 0.717) is 13.1 Å². The van der Waals surface area contributed by atoms with Gasteiger partial charge in [0.1, 0.15) is 5.82 Å². The smallest absolute Gasteiger partial charge is 0.269 e. The van der Waals surface area contributed by atoms with E-state index in [1.807, 2.05) is 18.7 Å². The van der Waals surface area contributed by atoms with Crippen LogP contribution < -0.4 is 10.9 Å². The molecule has 0 saturated carbocycles. The molecule has 2 amide bonds. The zero-order valence-corrected chi connectivity index (χ0v) is 13.5. The third-order valence-corrected chi connectivity index (χ3v) is 3.78. The molecule has 1 aromatic carbocycles. The van der Waals surface area contributed by atoms with Gasteiger partial charge in [0.25, 0.3) is 11.8 Å². The lowest BCUT2D eigenvalue weighted by atomic mass is 10.1. The number of carbonyl (C=O) groups is 2. The van der Waals surface area contributed by atoms with Crippen molar-refractivity contribution in [1.29, 1.82) is 0 Å². The SMILES string of the molecule is C[C@@H]1CN([C@H](C)C(=O)NNC(=O)c2ccc(F)cc2)C[C@@H](C)O1. The summed E-state index contributed by atoms with van der Waals surface area (Å²) < 4.78 is 18.5. The predicted molar refractivity (Wildman–Crippen MR) is 83.1 cm³/mol. The molecule has 0 spiro atoms. The van der Waals surface area contributed by atoms with Gasteiger partial charge in [-0.25, -0.2) is 4.39 Å². The number of amides is 2. The lowest BCUT2D eigenvalue weighted by molar-refractivity contribution is -0.132. The second-order valence-electron chi connectivity index (χ2n) is 5.84. The van der Waals surface area contributed by atoms with Crippen molar-refractivity contribution in [3.63, 3.8) is 0 Å². The first-order valence-electron chi connectivity index (χ1n) is 7.62. The van der Waals surface area contributed by atoms with Crippen LogP contribution in [0.5, 0.6) is 0 Å². The molecule has 7 heteroatoms. The van der Waals surface area contributed by atoms with Crippen LogP contribution in [0.4, 0.5) is 4.39 Å². The molecule has 1 saturated heterocycles. The summed E-state index contributed by atoms with van der Waals surface area (Å²) in [5.74, 6) is -1.22. The van der Waals surface area contributed by atoms with Gasteiger partial charge >= 0.3 is 0 Å². The number of halogens is 1. The van der Waals surface area contributed by atoms with Crippen molar-refractivity contribution >= 4 is 11.8 Å². The van der Waals surface area contributed by atoms with E-state index in [2.05, 4.69) is 10.9 Å². The van der Waals surface area contributed by atoms with Crippen molar-refractivity contribution < 1.29 is 18.7 Å². The molecule has 3 atom stereocenters. The molecule has 0 bridgehead atoms. The van der Waals surface area contributed by atoms with Gasteiger partial charge in [0, 0.05) is 18.7 Å². The standard InChI is InChI=1S/C16H22FN3O3/c1-10-8-20(9-11(2)23-10)12(3)15(21)18-19-16(22)13-4-6-14(17)7-5-13/h4-7,10-12H,8-9H2,1-3H3,(H,18,21)(H,19,22)/t10-,11-,12-/m1/s1. The lowest BCUT2D eigenvalue weighted by Gasteiger charge is -2.38. The highest BCUT2D eigenvalue weighted by molar-refractivity contribution is 5.95. The molecule has 1 aliphatic heterocycles. The van der Waals surface area contributed by atoms with Crippen LogP contribution in [0.2, 0.25) is 0 Å². The Labute approximate surface area is 135 Å². The maximum atomic E-state index is 12.8. The molecular weight excluding hydrogens is 301 g/mol. The van der Waals surface area contributed by atoms with Crippen LogP contribution in [0.25, 0.3) is 0 Å². The summed E-state index contributed by atoms with van der Waals surface area (Å²) in [7, 11) is 0. The molecule has 1 heterocycles. The summed E-state index contributed by atoms with van der Waals surface area (Å²) in [6, 6.07) is 4.69. The Kier molecular flexibility index (Phi) is 5.68. The van der Waals surface area contributed by atoms with Gasteiger partial charge in [-0.3, -0.25) is 25.3 Å². The minimum atomic E-state index is -0.491. The highest BCUT2D eigenvalue weighted by atomic mass is 19.1. The van der Waals surface area contributed by atoms with Gasteiger partial charge in [0.15, 0.2) is 0 Å². The van der Waals surface area contributed by atoms with Gasteiger partial charge in [-0.15, -0.1) is 0 Å². The maximum Gasteiger partial charge on any atom is 0.269 e. The first-order chi connectivity index (χ1) is 10.9. The van der Waals surface area contributed by atoms with Crippen molar-refractivity contribution in [3.05, 3.63) is 35.6 Å². The van der Waals surface area contributed by atoms with Gasteiger partial charge < -0.3 is 4.74 Å². The zero-order chi connectivity index (χ0) is 17.0. The molecular formula is C16H22FN3O3. The fraction of sp³-hybridized carbons (Fsp3) is 0.500. The number of benzene rings is 1. The average Bonchev–Trinajstić information content (AvgIpc) is 2.51. The van der Waals surface area contributed by atoms with E-state index in [4.69, 9.17) is 4.74 Å². The topological polar surface area (TPSA) is 70.7 Å². The number of rotatable bonds is 3. The van der Waals surface area contributed by atoms with Crippen LogP contribution in [0.15, 0.2) is 24.3 Å². The first kappa shape index (κ1) is 17.4. The molecule has 6 nitrogen and oxygen atoms in total. The number of hydrogen-bond acceptors (Lipinski definition) is 4. The Morgan fingerprint density at radius 3 is 2.30 bits per heavy atom. The highest BCUT2D eigenvalue weighted by Crippen LogP contribution is 2.13. The number of hydrazine groups is 1. The Morgan fingerprint density at radius 2 is 1.74 bits per heavy atom. The molecule has 0 aromatic heterocycles. The van der Waals surface area contributed by atoms with Gasteiger partial charge in [0.2, 0.25) is 0 Å². The Bertz CT molecular complexity index is 554. The number of hydrogen-bond donors (Lipinski definition) is 2. The van der Waals surface area contributed by atoms with E-state index in [0.717, 1.165) is 0 Å². The van der Waals surface area contributed by atoms with E-state index >= 15 is 0 Å². The van der Waals surface area contributed by atoms with Crippen LogP contribution in [0, 0.1) is 5.82 Å². The van der Waals surface area contributed by atoms with Gasteiger partial charge in [0.05, 0.1) is 18.2 Å². The molecule has 1 aromatic rings. The van der Waals surface area contributed by atoms with Crippen LogP contribution >= 0.6 is 0 Å². The van der Waals surface area contributed by atoms with Crippen LogP contribution in [-0.4, -0.2) is 48.1 Å². The molecule has 0 aliphatic carbocycles. The second-order valence-corrected chi connectivity index (χ2v) is 5.84. The predicted octanol–water partition coefficient (Wildman–Crippen LogP) is 1.08. The molecule has 23 heavy (non-hydrogen) atoms. The Balaban J connectivity index is 1.86. The Morgan fingerprint density at radius 1 is 1.17 bits per heavy atom. The third-order valence-electron chi connectivity index (χ3n) is 3.78. The molecule has 0 radical (unpaired) electrons. The van der Waals surface area contributed by atoms with Crippen molar-refractivity contribution in [2.45, 2.75) is 39.0 Å². The third kappa shape index (κ3) is 4.74. The van der Waals surface area contributed by atoms with E-state index in [1.165, 1.54) is 24.3 Å². The summed E-state index contributed by atoms with van der Waals surface area (Å²) in [5, 5.41) is 0. The minimum absolute atomic E-state index is 0.0582. The normalized spacial score (nSPS) is 23.1. The quantitative estimate of drug-likeness (QED) is 0.817. The summed E-state index contributed by atoms with van der Waals surface area (Å²) >= 11 is 0. The largest absolute Gasteiger partial charge is 0.373 e. The highest BCUT2D eigenvalue weighted by Gasteiger charge is 2.29. The lowest BCUT2D eigenvalue weighted by Crippen LogP contribution is -2.56. The van der Waals surface area contributed by atoms with Crippen molar-refractivity contribution in [2.75, 3.05) is 13.1 Å². The number of nitrogens with one attached hydrogen (secondary N) is 2. The van der Waals surface area contributed by atoms with Crippen molar-refractivity contribution in [3.8, 4) is 0 Å². The average molecular weight is 323 g/mol. The summed E-state index contributed by atoms with van der Waals surface area (Å²) in [5.41, 5.74) is 5.02. The zero-order valence-electron chi connectivity index (χ0n) is 13.5. The molecule has 1 aliphatic rings. The van der Waals surface area contributed by atoms with Gasteiger partial charge in [-0.1, -0.05) is 0 Å². The summed E-state index contributed by atoms with van der Waals surface area (Å²) in [6.45, 7) is 7.02. The van der Waals surface area contributed by atoms with Gasteiger partial charge in [-0.05, 0) is 45.0 Å². The van der Waals surface area contributed by atoms with Crippen molar-refractivity contribution in [1.82, 2.24) is 15.8 Å². The minimum Gasteiger partial charge on any atom is -0.373 e. The molecule has 0 unspecified atom stereocenters. The van der Waals surface area contributed by atoms with Crippen LogP contribution in [-0.2, 0) is 9.53 Å². The molecule has 2 rings (SSSR count). The van der Waals surface area contributed by atoms with E-state index in [1.54, 1.807) is 6.92 Å². The van der Waals surface area contributed by atoms with Crippen LogP contribution in [0.3, 0.4) is 0 Å². The Hall–Kier alpha value is -1.99. The van der Waals surface area contributed by atoms with Crippen molar-refractivity contribution in [2.24, 2.45) is 0 Å². The monoisotopic (exact) mass is 323 g/mol. The molecule has 1 fully saturated rings. The fourth-order valence-electron chi connectivity index (χ4n) is 2.60. The number of morpholine rings is 1. The van der Waals surface area contributed by atoms with E-state index in [-0.39, 0.29) is 23.7 Å². The number of carbonyl (C=O) groups excluding carboxylic acids is 2. The fourth-order valence-corrected chi connectivity index (χ4v) is 2.60. The number of nitrogens with zero attached hydrogens (tertiary/aromatic N) is 1. The van der Waals surface area contributed by atoms with Gasteiger partial charge in [-0.2, -0.15) is 0 Å². The summed E-state index contributed by atoms with van der Waals surface area (Å²) in [6.07, 6.45) is 0.116. The van der Waals surface area contributed by atoms with Crippen LogP contribution in [0.1, 0.15) is 31.1 Å².